The van der Waals surface area contributed by atoms with Crippen LogP contribution in [0.15, 0.2) is 24.3 Å². The highest BCUT2D eigenvalue weighted by Gasteiger charge is 2.56. The predicted molar refractivity (Wildman–Crippen MR) is 189 cm³/mol. The second-order valence-electron chi connectivity index (χ2n) is 16.1. The number of hydrogen-bond acceptors (Lipinski definition) is 12. The van der Waals surface area contributed by atoms with E-state index in [1.807, 2.05) is 0 Å². The van der Waals surface area contributed by atoms with Crippen LogP contribution in [0.4, 0.5) is 49.1 Å². The Morgan fingerprint density at radius 1 is 0.750 bits per heavy atom. The fraction of sp³-hybridized carbons (Fsp3) is 0.667. The molecule has 312 valence electrons. The minimum Gasteiger partial charge on any atom is -0.490 e. The van der Waals surface area contributed by atoms with Crippen molar-refractivity contribution in [1.82, 2.24) is 0 Å². The lowest BCUT2D eigenvalue weighted by atomic mass is 9.81. The van der Waals surface area contributed by atoms with Crippen molar-refractivity contribution < 1.29 is 66.1 Å². The van der Waals surface area contributed by atoms with E-state index in [1.165, 1.54) is 24.3 Å². The van der Waals surface area contributed by atoms with Crippen LogP contribution in [0, 0.1) is 32.1 Å². The van der Waals surface area contributed by atoms with Crippen molar-refractivity contribution in [1.29, 1.82) is 0 Å². The molecule has 6 rings (SSSR count). The molecular weight excluding hydrogens is 762 g/mol. The first-order valence-corrected chi connectivity index (χ1v) is 18.1. The molecule has 4 unspecified atom stereocenters. The van der Waals surface area contributed by atoms with Gasteiger partial charge >= 0.3 is 12.4 Å². The van der Waals surface area contributed by atoms with E-state index >= 15 is 0 Å². The van der Waals surface area contributed by atoms with Crippen LogP contribution in [0.3, 0.4) is 0 Å². The van der Waals surface area contributed by atoms with Gasteiger partial charge in [0.1, 0.15) is 35.1 Å². The lowest BCUT2D eigenvalue weighted by Gasteiger charge is -2.41. The number of rotatable bonds is 7. The van der Waals surface area contributed by atoms with E-state index in [4.69, 9.17) is 9.47 Å². The smallest absolute Gasteiger partial charge is 0.417 e. The highest BCUT2D eigenvalue weighted by molar-refractivity contribution is 5.70. The van der Waals surface area contributed by atoms with Gasteiger partial charge in [0.2, 0.25) is 0 Å². The molecule has 0 aliphatic carbocycles. The first-order chi connectivity index (χ1) is 25.7. The summed E-state index contributed by atoms with van der Waals surface area (Å²) in [6.45, 7) is 5.21. The van der Waals surface area contributed by atoms with E-state index in [2.05, 4.69) is 0 Å². The molecule has 4 aliphatic heterocycles. The standard InChI is InChI=1S/2C18H23F3N2O5/c1-16(24)9-11-7-14(23(26)27)13(8-15(11)28-10-16)22-5-3-12(4-6-22)17(2,25)18(19,20)21;1-16(10-24)9-11-7-14(23(26)27)13(8-15(11)28-16)22-5-3-12(4-6-22)17(2,25)18(19,20)21/h2*7-8,12,24-25H,3-6,9-10H2,1-2H3. The van der Waals surface area contributed by atoms with E-state index in [-0.39, 0.29) is 94.2 Å². The van der Waals surface area contributed by atoms with Crippen LogP contribution in [0.1, 0.15) is 64.5 Å². The molecule has 14 nitrogen and oxygen atoms in total. The molecular formula is C36H46F6N4O10. The fourth-order valence-electron chi connectivity index (χ4n) is 7.82. The zero-order valence-electron chi connectivity index (χ0n) is 31.2. The molecule has 4 aliphatic rings. The van der Waals surface area contributed by atoms with E-state index < -0.39 is 56.4 Å². The molecule has 2 saturated heterocycles. The van der Waals surface area contributed by atoms with Crippen LogP contribution in [-0.2, 0) is 12.8 Å². The Hall–Kier alpha value is -4.14. The highest BCUT2D eigenvalue weighted by atomic mass is 19.4. The maximum absolute atomic E-state index is 13.1. The Bertz CT molecular complexity index is 1810. The Morgan fingerprint density at radius 3 is 1.52 bits per heavy atom. The average Bonchev–Trinajstić information content (AvgIpc) is 3.45. The minimum absolute atomic E-state index is 0.0494. The Morgan fingerprint density at radius 2 is 1.14 bits per heavy atom. The molecule has 2 fully saturated rings. The summed E-state index contributed by atoms with van der Waals surface area (Å²) in [5, 5.41) is 62.5. The molecule has 0 spiro atoms. The highest BCUT2D eigenvalue weighted by Crippen LogP contribution is 2.47. The van der Waals surface area contributed by atoms with Crippen molar-refractivity contribution in [2.75, 3.05) is 49.2 Å². The zero-order valence-corrected chi connectivity index (χ0v) is 31.2. The number of alkyl halides is 6. The van der Waals surface area contributed by atoms with Gasteiger partial charge in [0, 0.05) is 74.4 Å². The van der Waals surface area contributed by atoms with Crippen molar-refractivity contribution >= 4 is 22.7 Å². The number of piperidine rings is 2. The van der Waals surface area contributed by atoms with Gasteiger partial charge in [0.25, 0.3) is 11.4 Å². The number of halogens is 6. The van der Waals surface area contributed by atoms with Gasteiger partial charge in [-0.05, 0) is 65.2 Å². The van der Waals surface area contributed by atoms with Gasteiger partial charge in [-0.3, -0.25) is 20.2 Å². The molecule has 0 aromatic heterocycles. The topological polar surface area (TPSA) is 192 Å². The summed E-state index contributed by atoms with van der Waals surface area (Å²) in [6.07, 6.45) is -8.72. The largest absolute Gasteiger partial charge is 0.490 e. The number of nitro benzene ring substituents is 2. The van der Waals surface area contributed by atoms with E-state index in [9.17, 15) is 67.0 Å². The zero-order chi connectivity index (χ0) is 41.8. The van der Waals surface area contributed by atoms with Crippen molar-refractivity contribution in [3.63, 3.8) is 0 Å². The summed E-state index contributed by atoms with van der Waals surface area (Å²) in [7, 11) is 0. The van der Waals surface area contributed by atoms with Gasteiger partial charge < -0.3 is 39.7 Å². The monoisotopic (exact) mass is 808 g/mol. The number of benzene rings is 2. The summed E-state index contributed by atoms with van der Waals surface area (Å²) in [5.41, 5.74) is -6.22. The molecule has 4 N–H and O–H groups in total. The quantitative estimate of drug-likeness (QED) is 0.154. The molecule has 2 aromatic rings. The van der Waals surface area contributed by atoms with Gasteiger partial charge in [-0.1, -0.05) is 0 Å². The third-order valence-corrected chi connectivity index (χ3v) is 11.5. The molecule has 4 heterocycles. The van der Waals surface area contributed by atoms with Crippen LogP contribution in [0.2, 0.25) is 0 Å². The number of ether oxygens (including phenoxy) is 2. The van der Waals surface area contributed by atoms with Gasteiger partial charge in [0.15, 0.2) is 11.2 Å². The van der Waals surface area contributed by atoms with Gasteiger partial charge in [-0.25, -0.2) is 0 Å². The summed E-state index contributed by atoms with van der Waals surface area (Å²) in [5.74, 6) is -1.10. The van der Waals surface area contributed by atoms with Crippen molar-refractivity contribution in [3.05, 3.63) is 55.6 Å². The SMILES string of the molecule is CC1(CO)Cc2cc([N+](=O)[O-])c(N3CCC(C(C)(O)C(F)(F)F)CC3)cc2O1.CC1(O)COc2cc(N3CCC(C(C)(O)C(F)(F)F)CC3)c([N+](=O)[O-])cc2C1. The molecule has 0 bridgehead atoms. The second-order valence-corrected chi connectivity index (χ2v) is 16.1. The van der Waals surface area contributed by atoms with Gasteiger partial charge in [0.05, 0.1) is 22.1 Å². The average molecular weight is 809 g/mol. The number of hydrogen-bond donors (Lipinski definition) is 4. The van der Waals surface area contributed by atoms with Crippen molar-refractivity contribution in [3.8, 4) is 11.5 Å². The van der Waals surface area contributed by atoms with Crippen LogP contribution in [-0.4, -0.2) is 104 Å². The molecule has 0 amide bonds. The van der Waals surface area contributed by atoms with Crippen LogP contribution >= 0.6 is 0 Å². The molecule has 56 heavy (non-hydrogen) atoms. The number of anilines is 2. The fourth-order valence-corrected chi connectivity index (χ4v) is 7.82. The number of aliphatic hydroxyl groups is 4. The molecule has 2 aromatic carbocycles. The normalized spacial score (nSPS) is 25.4. The minimum atomic E-state index is -4.73. The lowest BCUT2D eigenvalue weighted by molar-refractivity contribution is -0.384. The first-order valence-electron chi connectivity index (χ1n) is 18.1. The van der Waals surface area contributed by atoms with Gasteiger partial charge in [-0.15, -0.1) is 0 Å². The van der Waals surface area contributed by atoms with E-state index in [0.29, 0.717) is 29.0 Å². The number of fused-ring (bicyclic) bond motifs is 2. The lowest BCUT2D eigenvalue weighted by Crippen LogP contribution is -2.52. The molecule has 0 radical (unpaired) electrons. The molecule has 20 heteroatoms. The maximum atomic E-state index is 13.1. The third-order valence-electron chi connectivity index (χ3n) is 11.5. The molecule has 0 saturated carbocycles. The van der Waals surface area contributed by atoms with E-state index in [1.54, 1.807) is 23.6 Å². The molecule has 4 atom stereocenters. The predicted octanol–water partition coefficient (Wildman–Crippen LogP) is 5.62. The maximum Gasteiger partial charge on any atom is 0.417 e. The summed E-state index contributed by atoms with van der Waals surface area (Å²) in [4.78, 5) is 25.3. The second kappa shape index (κ2) is 15.0. The van der Waals surface area contributed by atoms with Crippen molar-refractivity contribution in [2.24, 2.45) is 11.8 Å². The summed E-state index contributed by atoms with van der Waals surface area (Å²) >= 11 is 0. The first kappa shape index (κ1) is 43.0. The van der Waals surface area contributed by atoms with Crippen LogP contribution < -0.4 is 19.3 Å². The Balaban J connectivity index is 0.000000214. The number of nitro groups is 2. The van der Waals surface area contributed by atoms with E-state index in [0.717, 1.165) is 13.8 Å². The third kappa shape index (κ3) is 8.57. The summed E-state index contributed by atoms with van der Waals surface area (Å²) in [6, 6.07) is 5.81. The van der Waals surface area contributed by atoms with Crippen LogP contribution in [0.25, 0.3) is 0 Å². The summed E-state index contributed by atoms with van der Waals surface area (Å²) < 4.78 is 89.7. The van der Waals surface area contributed by atoms with Crippen molar-refractivity contribution in [2.45, 2.75) is 101 Å². The Labute approximate surface area is 317 Å². The van der Waals surface area contributed by atoms with Crippen LogP contribution in [0.5, 0.6) is 11.5 Å². The number of aliphatic hydroxyl groups excluding tert-OH is 1. The number of nitrogens with zero attached hydrogens (tertiary/aromatic N) is 4. The van der Waals surface area contributed by atoms with Gasteiger partial charge in [-0.2, -0.15) is 26.3 Å². The Kier molecular flexibility index (Phi) is 11.5.